The number of rotatable bonds is 12. The molecule has 2 heterocycles. The van der Waals surface area contributed by atoms with E-state index in [1.54, 1.807) is 49.1 Å². The molecule has 0 bridgehead atoms. The average Bonchev–Trinajstić information content (AvgIpc) is 3.26. The van der Waals surface area contributed by atoms with Crippen molar-refractivity contribution in [3.05, 3.63) is 104 Å². The molecular weight excluding hydrogens is 579 g/mol. The maximum atomic E-state index is 13.4. The van der Waals surface area contributed by atoms with Gasteiger partial charge in [-0.15, -0.1) is 0 Å². The van der Waals surface area contributed by atoms with Gasteiger partial charge in [0.05, 0.1) is 18.7 Å². The third kappa shape index (κ3) is 7.51. The van der Waals surface area contributed by atoms with E-state index in [2.05, 4.69) is 21.2 Å². The highest BCUT2D eigenvalue weighted by molar-refractivity contribution is 6.31. The summed E-state index contributed by atoms with van der Waals surface area (Å²) in [5.41, 5.74) is 6.76. The SMILES string of the molecule is CCNC(=O)COc1ccc(Cl)cc1CNC(=O)Cc1c(C)ccn(NCc2c(-c3ccccc3)nn(C)c2Cl)c1=O. The van der Waals surface area contributed by atoms with E-state index in [1.165, 1.54) is 4.68 Å². The highest BCUT2D eigenvalue weighted by atomic mass is 35.5. The summed E-state index contributed by atoms with van der Waals surface area (Å²) >= 11 is 12.7. The van der Waals surface area contributed by atoms with Crippen LogP contribution in [-0.2, 0) is 36.1 Å². The van der Waals surface area contributed by atoms with Crippen LogP contribution in [0.4, 0.5) is 0 Å². The number of ether oxygens (including phenoxy) is 1. The number of hydrogen-bond acceptors (Lipinski definition) is 6. The van der Waals surface area contributed by atoms with Crippen LogP contribution in [-0.4, -0.2) is 39.4 Å². The number of aryl methyl sites for hydroxylation is 2. The largest absolute Gasteiger partial charge is 0.483 e. The van der Waals surface area contributed by atoms with Crippen molar-refractivity contribution in [1.29, 1.82) is 0 Å². The minimum atomic E-state index is -0.357. The Balaban J connectivity index is 1.44. The molecule has 0 unspecified atom stereocenters. The molecule has 0 fully saturated rings. The Morgan fingerprint density at radius 3 is 2.48 bits per heavy atom. The molecule has 0 aliphatic heterocycles. The minimum Gasteiger partial charge on any atom is -0.483 e. The molecule has 42 heavy (non-hydrogen) atoms. The molecule has 4 aromatic rings. The van der Waals surface area contributed by atoms with Gasteiger partial charge in [0, 0.05) is 53.6 Å². The molecule has 0 atom stereocenters. The van der Waals surface area contributed by atoms with Crippen LogP contribution in [0.25, 0.3) is 11.3 Å². The van der Waals surface area contributed by atoms with Gasteiger partial charge >= 0.3 is 0 Å². The molecular formula is C30H32Cl2N6O4. The quantitative estimate of drug-likeness (QED) is 0.223. The second kappa shape index (κ2) is 14.1. The Labute approximate surface area is 253 Å². The van der Waals surface area contributed by atoms with Crippen LogP contribution < -0.4 is 26.4 Å². The molecule has 2 amide bonds. The highest BCUT2D eigenvalue weighted by Gasteiger charge is 2.18. The molecule has 0 saturated carbocycles. The summed E-state index contributed by atoms with van der Waals surface area (Å²) in [5.74, 6) is -0.185. The molecule has 0 saturated heterocycles. The summed E-state index contributed by atoms with van der Waals surface area (Å²) < 4.78 is 8.56. The van der Waals surface area contributed by atoms with E-state index in [0.29, 0.717) is 44.9 Å². The summed E-state index contributed by atoms with van der Waals surface area (Å²) in [6, 6.07) is 16.4. The summed E-state index contributed by atoms with van der Waals surface area (Å²) in [6.07, 6.45) is 1.49. The van der Waals surface area contributed by atoms with Crippen molar-refractivity contribution >= 4 is 35.0 Å². The van der Waals surface area contributed by atoms with E-state index in [9.17, 15) is 14.4 Å². The zero-order valence-corrected chi connectivity index (χ0v) is 25.1. The first-order valence-electron chi connectivity index (χ1n) is 13.3. The van der Waals surface area contributed by atoms with Crippen LogP contribution in [0.1, 0.15) is 29.2 Å². The van der Waals surface area contributed by atoms with Crippen LogP contribution in [0, 0.1) is 6.92 Å². The predicted octanol–water partition coefficient (Wildman–Crippen LogP) is 3.98. The van der Waals surface area contributed by atoms with Gasteiger partial charge in [0.15, 0.2) is 6.61 Å². The Morgan fingerprint density at radius 2 is 1.74 bits per heavy atom. The van der Waals surface area contributed by atoms with Gasteiger partial charge in [0.2, 0.25) is 5.91 Å². The van der Waals surface area contributed by atoms with Crippen LogP contribution in [0.2, 0.25) is 10.2 Å². The molecule has 0 radical (unpaired) electrons. The molecule has 2 aromatic heterocycles. The number of carbonyl (C=O) groups excluding carboxylic acids is 2. The molecule has 0 aliphatic rings. The standard InChI is InChI=1S/C30H32Cl2N6O4/c1-4-33-27(40)18-42-25-11-10-22(31)14-21(25)16-34-26(39)15-23-19(2)12-13-38(30(23)41)35-17-24-28(36-37(3)29(24)32)20-8-6-5-7-9-20/h5-14,35H,4,15-18H2,1-3H3,(H,33,40)(H,34,39). The van der Waals surface area contributed by atoms with E-state index in [4.69, 9.17) is 27.9 Å². The van der Waals surface area contributed by atoms with E-state index < -0.39 is 0 Å². The van der Waals surface area contributed by atoms with Gasteiger partial charge in [-0.2, -0.15) is 5.10 Å². The van der Waals surface area contributed by atoms with E-state index in [-0.39, 0.29) is 43.5 Å². The van der Waals surface area contributed by atoms with Gasteiger partial charge in [-0.05, 0) is 43.7 Å². The molecule has 3 N–H and O–H groups in total. The van der Waals surface area contributed by atoms with Crippen LogP contribution in [0.15, 0.2) is 65.6 Å². The van der Waals surface area contributed by atoms with Crippen LogP contribution in [0.3, 0.4) is 0 Å². The van der Waals surface area contributed by atoms with E-state index in [0.717, 1.165) is 11.1 Å². The van der Waals surface area contributed by atoms with Crippen molar-refractivity contribution in [3.8, 4) is 17.0 Å². The Kier molecular flexibility index (Phi) is 10.3. The molecule has 0 spiro atoms. The number of nitrogens with zero attached hydrogens (tertiary/aromatic N) is 3. The minimum absolute atomic E-state index is 0.101. The van der Waals surface area contributed by atoms with Crippen LogP contribution in [0.5, 0.6) is 5.75 Å². The normalized spacial score (nSPS) is 10.8. The lowest BCUT2D eigenvalue weighted by molar-refractivity contribution is -0.123. The number of aromatic nitrogens is 3. The van der Waals surface area contributed by atoms with Gasteiger partial charge in [-0.1, -0.05) is 53.5 Å². The van der Waals surface area contributed by atoms with Gasteiger partial charge in [0.25, 0.3) is 11.5 Å². The number of nitrogens with one attached hydrogen (secondary N) is 3. The molecule has 10 nitrogen and oxygen atoms in total. The summed E-state index contributed by atoms with van der Waals surface area (Å²) in [6.45, 7) is 4.27. The van der Waals surface area contributed by atoms with Crippen molar-refractivity contribution < 1.29 is 14.3 Å². The van der Waals surface area contributed by atoms with Gasteiger partial charge in [0.1, 0.15) is 10.9 Å². The lowest BCUT2D eigenvalue weighted by Gasteiger charge is -2.14. The van der Waals surface area contributed by atoms with E-state index >= 15 is 0 Å². The molecule has 2 aromatic carbocycles. The van der Waals surface area contributed by atoms with Gasteiger partial charge in [-0.3, -0.25) is 19.1 Å². The third-order valence-electron chi connectivity index (χ3n) is 6.54. The predicted molar refractivity (Wildman–Crippen MR) is 163 cm³/mol. The number of pyridine rings is 1. The number of hydrogen-bond donors (Lipinski definition) is 3. The Morgan fingerprint density at radius 1 is 0.976 bits per heavy atom. The smallest absolute Gasteiger partial charge is 0.272 e. The number of benzene rings is 2. The Hall–Kier alpha value is -4.28. The lowest BCUT2D eigenvalue weighted by Crippen LogP contribution is -2.34. The second-order valence-electron chi connectivity index (χ2n) is 9.54. The average molecular weight is 612 g/mol. The maximum Gasteiger partial charge on any atom is 0.272 e. The first kappa shape index (κ1) is 30.7. The highest BCUT2D eigenvalue weighted by Crippen LogP contribution is 2.28. The monoisotopic (exact) mass is 610 g/mol. The van der Waals surface area contributed by atoms with Crippen molar-refractivity contribution in [2.24, 2.45) is 7.05 Å². The fourth-order valence-corrected chi connectivity index (χ4v) is 4.73. The van der Waals surface area contributed by atoms with Crippen molar-refractivity contribution in [2.45, 2.75) is 33.4 Å². The third-order valence-corrected chi connectivity index (χ3v) is 7.25. The van der Waals surface area contributed by atoms with Crippen LogP contribution >= 0.6 is 23.2 Å². The molecule has 0 aliphatic carbocycles. The summed E-state index contributed by atoms with van der Waals surface area (Å²) in [7, 11) is 1.76. The summed E-state index contributed by atoms with van der Waals surface area (Å²) in [4.78, 5) is 38.1. The second-order valence-corrected chi connectivity index (χ2v) is 10.3. The number of carbonyl (C=O) groups is 2. The Bertz CT molecular complexity index is 1630. The van der Waals surface area contributed by atoms with Gasteiger partial charge in [-0.25, -0.2) is 4.68 Å². The van der Waals surface area contributed by atoms with Crippen molar-refractivity contribution in [2.75, 3.05) is 18.6 Å². The maximum absolute atomic E-state index is 13.4. The molecule has 4 rings (SSSR count). The molecule has 12 heteroatoms. The topological polar surface area (TPSA) is 119 Å². The number of amides is 2. The molecule has 220 valence electrons. The zero-order chi connectivity index (χ0) is 30.2. The first-order valence-corrected chi connectivity index (χ1v) is 14.1. The zero-order valence-electron chi connectivity index (χ0n) is 23.5. The summed E-state index contributed by atoms with van der Waals surface area (Å²) in [5, 5.41) is 10.9. The van der Waals surface area contributed by atoms with Gasteiger partial charge < -0.3 is 20.8 Å². The fraction of sp³-hybridized carbons (Fsp3) is 0.267. The number of halogens is 2. The lowest BCUT2D eigenvalue weighted by atomic mass is 10.1. The van der Waals surface area contributed by atoms with Crippen molar-refractivity contribution in [1.82, 2.24) is 25.1 Å². The van der Waals surface area contributed by atoms with Crippen molar-refractivity contribution in [3.63, 3.8) is 0 Å². The van der Waals surface area contributed by atoms with E-state index in [1.807, 2.05) is 37.3 Å². The first-order chi connectivity index (χ1) is 20.2. The fourth-order valence-electron chi connectivity index (χ4n) is 4.34. The number of likely N-dealkylation sites (N-methyl/N-ethyl adjacent to an activating group) is 1.